The molecule has 0 amide bonds. The first-order chi connectivity index (χ1) is 5.74. The first-order valence-electron chi connectivity index (χ1n) is 5.12. The fourth-order valence-electron chi connectivity index (χ4n) is 1.41. The number of hydrogen-bond donors (Lipinski definition) is 2. The first-order valence-corrected chi connectivity index (χ1v) is 5.12. The molecule has 1 aliphatic rings. The summed E-state index contributed by atoms with van der Waals surface area (Å²) in [6.07, 6.45) is 2.79. The Kier molecular flexibility index (Phi) is 4.02. The molecule has 0 aromatic rings. The molecule has 1 aliphatic carbocycles. The van der Waals surface area contributed by atoms with E-state index in [-0.39, 0.29) is 0 Å². The number of nitrogens with one attached hydrogen (secondary N) is 2. The van der Waals surface area contributed by atoms with Crippen molar-refractivity contribution in [3.63, 3.8) is 0 Å². The van der Waals surface area contributed by atoms with Crippen LogP contribution in [-0.2, 0) is 0 Å². The summed E-state index contributed by atoms with van der Waals surface area (Å²) in [6, 6.07) is 0.850. The lowest BCUT2D eigenvalue weighted by Crippen LogP contribution is -2.34. The minimum atomic E-state index is 0.781. The van der Waals surface area contributed by atoms with Gasteiger partial charge in [0.15, 0.2) is 0 Å². The largest absolute Gasteiger partial charge is 0.319 e. The highest BCUT2D eigenvalue weighted by Gasteiger charge is 2.22. The van der Waals surface area contributed by atoms with Crippen LogP contribution in [0.5, 0.6) is 0 Å². The first kappa shape index (κ1) is 10.0. The van der Waals surface area contributed by atoms with Gasteiger partial charge in [-0.05, 0) is 44.8 Å². The average molecular weight is 170 g/mol. The number of hydrogen-bond acceptors (Lipinski definition) is 2. The van der Waals surface area contributed by atoms with Crippen LogP contribution in [0.1, 0.15) is 26.7 Å². The molecule has 72 valence electrons. The van der Waals surface area contributed by atoms with Crippen LogP contribution >= 0.6 is 0 Å². The van der Waals surface area contributed by atoms with Crippen LogP contribution in [0.15, 0.2) is 0 Å². The Labute approximate surface area is 76.1 Å². The summed E-state index contributed by atoms with van der Waals surface area (Å²) in [5.74, 6) is 1.57. The second-order valence-electron chi connectivity index (χ2n) is 4.24. The molecule has 0 bridgehead atoms. The van der Waals surface area contributed by atoms with Crippen molar-refractivity contribution in [1.29, 1.82) is 0 Å². The zero-order valence-corrected chi connectivity index (χ0v) is 8.56. The highest BCUT2D eigenvalue weighted by molar-refractivity contribution is 4.82. The predicted octanol–water partition coefficient (Wildman–Crippen LogP) is 1.23. The molecule has 0 aliphatic heterocycles. The van der Waals surface area contributed by atoms with E-state index in [2.05, 4.69) is 24.5 Å². The van der Waals surface area contributed by atoms with Gasteiger partial charge < -0.3 is 10.6 Å². The Morgan fingerprint density at radius 3 is 2.33 bits per heavy atom. The average Bonchev–Trinajstić information content (AvgIpc) is 2.80. The van der Waals surface area contributed by atoms with Crippen molar-refractivity contribution in [2.24, 2.45) is 11.8 Å². The van der Waals surface area contributed by atoms with Gasteiger partial charge in [-0.15, -0.1) is 0 Å². The molecule has 0 aromatic heterocycles. The summed E-state index contributed by atoms with van der Waals surface area (Å²) in [6.45, 7) is 6.92. The van der Waals surface area contributed by atoms with Crippen LogP contribution in [0.25, 0.3) is 0 Å². The van der Waals surface area contributed by atoms with Crippen molar-refractivity contribution in [2.75, 3.05) is 20.1 Å². The van der Waals surface area contributed by atoms with Crippen LogP contribution in [-0.4, -0.2) is 26.2 Å². The molecule has 0 heterocycles. The van der Waals surface area contributed by atoms with E-state index in [1.165, 1.54) is 19.4 Å². The fraction of sp³-hybridized carbons (Fsp3) is 1.00. The second-order valence-corrected chi connectivity index (χ2v) is 4.24. The molecule has 0 aromatic carbocycles. The lowest BCUT2D eigenvalue weighted by molar-refractivity contribution is 0.352. The molecular formula is C10H22N2. The topological polar surface area (TPSA) is 24.1 Å². The van der Waals surface area contributed by atoms with E-state index in [1.54, 1.807) is 0 Å². The van der Waals surface area contributed by atoms with Gasteiger partial charge in [0, 0.05) is 6.04 Å². The maximum absolute atomic E-state index is 3.58. The third-order valence-corrected chi connectivity index (χ3v) is 2.66. The van der Waals surface area contributed by atoms with Gasteiger partial charge in [0.25, 0.3) is 0 Å². The smallest absolute Gasteiger partial charge is 0.00683 e. The Hall–Kier alpha value is -0.0800. The molecule has 2 heteroatoms. The fourth-order valence-corrected chi connectivity index (χ4v) is 1.41. The van der Waals surface area contributed by atoms with Gasteiger partial charge in [0.2, 0.25) is 0 Å². The van der Waals surface area contributed by atoms with Gasteiger partial charge >= 0.3 is 0 Å². The predicted molar refractivity (Wildman–Crippen MR) is 53.3 cm³/mol. The van der Waals surface area contributed by atoms with Crippen LogP contribution < -0.4 is 10.6 Å². The van der Waals surface area contributed by atoms with E-state index in [1.807, 2.05) is 7.05 Å². The van der Waals surface area contributed by atoms with Crippen LogP contribution in [0, 0.1) is 11.8 Å². The summed E-state index contributed by atoms with van der Waals surface area (Å²) in [5, 5.41) is 6.84. The van der Waals surface area contributed by atoms with Gasteiger partial charge in [-0.2, -0.15) is 0 Å². The van der Waals surface area contributed by atoms with Crippen molar-refractivity contribution in [2.45, 2.75) is 32.7 Å². The normalized spacial score (nSPS) is 20.0. The minimum absolute atomic E-state index is 0.781. The SMILES string of the molecule is CNCC(CNC1CC1)C(C)C. The molecule has 1 unspecified atom stereocenters. The molecule has 1 saturated carbocycles. The molecule has 2 N–H and O–H groups in total. The quantitative estimate of drug-likeness (QED) is 0.626. The molecule has 1 fully saturated rings. The summed E-state index contributed by atoms with van der Waals surface area (Å²) < 4.78 is 0. The Morgan fingerprint density at radius 1 is 1.25 bits per heavy atom. The molecule has 1 rings (SSSR count). The lowest BCUT2D eigenvalue weighted by Gasteiger charge is -2.20. The maximum atomic E-state index is 3.58. The molecule has 1 atom stereocenters. The van der Waals surface area contributed by atoms with Gasteiger partial charge in [-0.3, -0.25) is 0 Å². The van der Waals surface area contributed by atoms with E-state index < -0.39 is 0 Å². The molecule has 12 heavy (non-hydrogen) atoms. The van der Waals surface area contributed by atoms with Crippen LogP contribution in [0.2, 0.25) is 0 Å². The minimum Gasteiger partial charge on any atom is -0.319 e. The lowest BCUT2D eigenvalue weighted by atomic mass is 9.96. The monoisotopic (exact) mass is 170 g/mol. The summed E-state index contributed by atoms with van der Waals surface area (Å²) in [4.78, 5) is 0. The highest BCUT2D eigenvalue weighted by atomic mass is 15.0. The van der Waals surface area contributed by atoms with Gasteiger partial charge in [-0.1, -0.05) is 13.8 Å². The highest BCUT2D eigenvalue weighted by Crippen LogP contribution is 2.19. The zero-order chi connectivity index (χ0) is 8.97. The van der Waals surface area contributed by atoms with Crippen molar-refractivity contribution >= 4 is 0 Å². The van der Waals surface area contributed by atoms with E-state index in [0.717, 1.165) is 24.4 Å². The third-order valence-electron chi connectivity index (χ3n) is 2.66. The van der Waals surface area contributed by atoms with E-state index in [4.69, 9.17) is 0 Å². The molecule has 0 radical (unpaired) electrons. The Balaban J connectivity index is 2.11. The summed E-state index contributed by atoms with van der Waals surface area (Å²) in [7, 11) is 2.03. The van der Waals surface area contributed by atoms with Gasteiger partial charge in [0.05, 0.1) is 0 Å². The van der Waals surface area contributed by atoms with Crippen molar-refractivity contribution in [1.82, 2.24) is 10.6 Å². The van der Waals surface area contributed by atoms with E-state index >= 15 is 0 Å². The zero-order valence-electron chi connectivity index (χ0n) is 8.56. The van der Waals surface area contributed by atoms with Gasteiger partial charge in [0.1, 0.15) is 0 Å². The van der Waals surface area contributed by atoms with Crippen molar-refractivity contribution in [3.8, 4) is 0 Å². The molecule has 2 nitrogen and oxygen atoms in total. The standard InChI is InChI=1S/C10H22N2/c1-8(2)9(6-11-3)7-12-10-4-5-10/h8-12H,4-7H2,1-3H3. The van der Waals surface area contributed by atoms with Crippen LogP contribution in [0.3, 0.4) is 0 Å². The molecule has 0 spiro atoms. The van der Waals surface area contributed by atoms with Crippen LogP contribution in [0.4, 0.5) is 0 Å². The van der Waals surface area contributed by atoms with Crippen molar-refractivity contribution in [3.05, 3.63) is 0 Å². The number of rotatable bonds is 6. The third kappa shape index (κ3) is 3.55. The maximum Gasteiger partial charge on any atom is 0.00683 e. The summed E-state index contributed by atoms with van der Waals surface area (Å²) in [5.41, 5.74) is 0. The van der Waals surface area contributed by atoms with Gasteiger partial charge in [-0.25, -0.2) is 0 Å². The summed E-state index contributed by atoms with van der Waals surface area (Å²) >= 11 is 0. The van der Waals surface area contributed by atoms with Crippen molar-refractivity contribution < 1.29 is 0 Å². The Bertz CT molecular complexity index is 119. The molecule has 0 saturated heterocycles. The second kappa shape index (κ2) is 4.83. The van der Waals surface area contributed by atoms with E-state index in [0.29, 0.717) is 0 Å². The molecular weight excluding hydrogens is 148 g/mol. The van der Waals surface area contributed by atoms with E-state index in [9.17, 15) is 0 Å². The Morgan fingerprint density at radius 2 is 1.92 bits per heavy atom.